The van der Waals surface area contributed by atoms with E-state index in [0.717, 1.165) is 17.9 Å². The zero-order valence-electron chi connectivity index (χ0n) is 30.4. The number of rotatable bonds is 21. The van der Waals surface area contributed by atoms with Crippen molar-refractivity contribution in [2.75, 3.05) is 26.7 Å². The normalized spacial score (nSPS) is 12.2. The molecule has 0 aliphatic heterocycles. The van der Waals surface area contributed by atoms with Gasteiger partial charge >= 0.3 is 13.6 Å². The van der Waals surface area contributed by atoms with Crippen molar-refractivity contribution in [2.45, 2.75) is 65.8 Å². The predicted molar refractivity (Wildman–Crippen MR) is 193 cm³/mol. The molecule has 53 heavy (non-hydrogen) atoms. The number of benzene rings is 2. The summed E-state index contributed by atoms with van der Waals surface area (Å²) in [6.07, 6.45) is 2.63. The summed E-state index contributed by atoms with van der Waals surface area (Å²) in [6.45, 7) is 7.12. The molecule has 2 aromatic carbocycles. The second-order valence-electron chi connectivity index (χ2n) is 12.0. The molecule has 4 amide bonds. The Labute approximate surface area is 307 Å². The molecule has 0 saturated heterocycles. The third-order valence-electron chi connectivity index (χ3n) is 8.21. The van der Waals surface area contributed by atoms with Crippen LogP contribution in [-0.4, -0.2) is 77.7 Å². The van der Waals surface area contributed by atoms with Gasteiger partial charge in [0.2, 0.25) is 12.3 Å². The third kappa shape index (κ3) is 12.2. The highest BCUT2D eigenvalue weighted by molar-refractivity contribution is 7.51. The maximum atomic E-state index is 13.5. The van der Waals surface area contributed by atoms with Crippen LogP contribution in [0.25, 0.3) is 11.3 Å². The fourth-order valence-electron chi connectivity index (χ4n) is 5.51. The Morgan fingerprint density at radius 2 is 1.68 bits per heavy atom. The van der Waals surface area contributed by atoms with Crippen molar-refractivity contribution in [3.63, 3.8) is 0 Å². The zero-order chi connectivity index (χ0) is 39.1. The molecular formula is C36H47N4O12P. The smallest absolute Gasteiger partial charge is 0.363 e. The van der Waals surface area contributed by atoms with Crippen LogP contribution in [0.3, 0.4) is 0 Å². The van der Waals surface area contributed by atoms with Gasteiger partial charge in [-0.05, 0) is 74.7 Å². The van der Waals surface area contributed by atoms with Gasteiger partial charge in [0, 0.05) is 5.56 Å². The first kappa shape index (κ1) is 42.2. The number of hydrogen-bond donors (Lipinski definition) is 5. The van der Waals surface area contributed by atoms with Crippen LogP contribution >= 0.6 is 7.60 Å². The number of carbonyl (C=O) groups excluding carboxylic acids is 5. The molecule has 3 rings (SSSR count). The van der Waals surface area contributed by atoms with Gasteiger partial charge in [0.05, 0.1) is 43.5 Å². The molecule has 0 aliphatic rings. The summed E-state index contributed by atoms with van der Waals surface area (Å²) in [5.74, 6) is -2.49. The first-order chi connectivity index (χ1) is 25.3. The number of methoxy groups -OCH3 is 1. The number of hydroxylamine groups is 2. The molecule has 0 saturated carbocycles. The van der Waals surface area contributed by atoms with Gasteiger partial charge in [0.25, 0.3) is 11.8 Å². The quantitative estimate of drug-likeness (QED) is 0.0332. The van der Waals surface area contributed by atoms with E-state index in [1.807, 2.05) is 6.92 Å². The highest BCUT2D eigenvalue weighted by atomic mass is 31.2. The molecule has 0 fully saturated rings. The molecule has 0 radical (unpaired) electrons. The minimum absolute atomic E-state index is 0.0457. The molecule has 288 valence electrons. The van der Waals surface area contributed by atoms with Gasteiger partial charge in [-0.25, -0.2) is 4.79 Å². The van der Waals surface area contributed by atoms with E-state index in [2.05, 4.69) is 16.0 Å². The maximum absolute atomic E-state index is 13.5. The highest BCUT2D eigenvalue weighted by Gasteiger charge is 2.34. The molecule has 3 aromatic rings. The number of nitrogens with one attached hydrogen (secondary N) is 3. The number of carbonyl (C=O) groups is 5. The summed E-state index contributed by atoms with van der Waals surface area (Å²) < 4.78 is 27.7. The maximum Gasteiger partial charge on any atom is 0.363 e. The Kier molecular flexibility index (Phi) is 16.1. The Hall–Kier alpha value is -5.18. The molecule has 16 nitrogen and oxygen atoms in total. The van der Waals surface area contributed by atoms with E-state index in [1.165, 1.54) is 43.5 Å². The number of hydrogen-bond acceptors (Lipinski definition) is 10. The fraction of sp³-hybridized carbons (Fsp3) is 0.417. The van der Waals surface area contributed by atoms with Crippen molar-refractivity contribution in [1.82, 2.24) is 21.0 Å². The summed E-state index contributed by atoms with van der Waals surface area (Å²) in [5, 5.41) is 8.33. The van der Waals surface area contributed by atoms with Gasteiger partial charge in [0.15, 0.2) is 5.76 Å². The van der Waals surface area contributed by atoms with E-state index >= 15 is 0 Å². The minimum atomic E-state index is -4.47. The van der Waals surface area contributed by atoms with Gasteiger partial charge in [-0.15, -0.1) is 0 Å². The number of nitrogens with zero attached hydrogens (tertiary/aromatic N) is 1. The Balaban J connectivity index is 1.69. The van der Waals surface area contributed by atoms with Crippen LogP contribution < -0.4 is 25.4 Å². The SMILES string of the molecule is CCCCC[C@@H](C(=O)NCNC(=O)c1ccc(-c2ccc(C(=O)NCP(=O)(O)O)c(OCC)c2)o1)[C@@H](CC)N(C=O)OC(=O)c1ccc(OC)cc1C. The molecule has 0 spiro atoms. The molecule has 5 N–H and O–H groups in total. The molecule has 0 unspecified atom stereocenters. The lowest BCUT2D eigenvalue weighted by atomic mass is 9.90. The number of aryl methyl sites for hydroxylation is 1. The minimum Gasteiger partial charge on any atom is -0.497 e. The van der Waals surface area contributed by atoms with E-state index in [4.69, 9.17) is 28.5 Å². The lowest BCUT2D eigenvalue weighted by molar-refractivity contribution is -0.171. The molecule has 2 atom stereocenters. The lowest BCUT2D eigenvalue weighted by Gasteiger charge is -2.32. The first-order valence-electron chi connectivity index (χ1n) is 17.1. The highest BCUT2D eigenvalue weighted by Crippen LogP contribution is 2.33. The van der Waals surface area contributed by atoms with Crippen LogP contribution in [0.5, 0.6) is 11.5 Å². The number of ether oxygens (including phenoxy) is 2. The second kappa shape index (κ2) is 20.2. The van der Waals surface area contributed by atoms with E-state index in [1.54, 1.807) is 32.9 Å². The molecule has 0 aliphatic carbocycles. The van der Waals surface area contributed by atoms with Crippen molar-refractivity contribution in [2.24, 2.45) is 5.92 Å². The van der Waals surface area contributed by atoms with Gasteiger partial charge in [-0.1, -0.05) is 39.2 Å². The molecule has 17 heteroatoms. The van der Waals surface area contributed by atoms with Crippen LogP contribution in [0.15, 0.2) is 52.9 Å². The standard InChI is InChI=1S/C36H47N4O12P/c1-6-9-10-11-27(29(7-2)40(22-41)52-36(45)26-15-13-25(49-5)18-23(26)4)33(42)37-20-38-35(44)31-17-16-30(51-31)24-12-14-28(32(19-24)50-8-3)34(43)39-21-53(46,47)48/h12-19,22,27,29H,6-11,20-21H2,1-5H3,(H,37,42)(H,38,44)(H,39,43)(H2,46,47,48)/t27-,29-/m1/s1. The largest absolute Gasteiger partial charge is 0.497 e. The van der Waals surface area contributed by atoms with E-state index < -0.39 is 49.5 Å². The fourth-order valence-corrected chi connectivity index (χ4v) is 5.86. The molecule has 1 heterocycles. The summed E-state index contributed by atoms with van der Waals surface area (Å²) in [7, 11) is -2.97. The average Bonchev–Trinajstić information content (AvgIpc) is 3.63. The van der Waals surface area contributed by atoms with E-state index in [0.29, 0.717) is 42.5 Å². The zero-order valence-corrected chi connectivity index (χ0v) is 31.3. The van der Waals surface area contributed by atoms with Gasteiger partial charge in [-0.3, -0.25) is 23.7 Å². The average molecular weight is 759 g/mol. The van der Waals surface area contributed by atoms with Gasteiger partial charge in [0.1, 0.15) is 23.5 Å². The van der Waals surface area contributed by atoms with Crippen molar-refractivity contribution < 1.29 is 57.1 Å². The summed E-state index contributed by atoms with van der Waals surface area (Å²) in [4.78, 5) is 88.0. The Morgan fingerprint density at radius 1 is 0.943 bits per heavy atom. The molecule has 0 bridgehead atoms. The topological polar surface area (TPSA) is 223 Å². The van der Waals surface area contributed by atoms with Gasteiger partial charge in [-0.2, -0.15) is 5.06 Å². The third-order valence-corrected chi connectivity index (χ3v) is 8.78. The monoisotopic (exact) mass is 758 g/mol. The van der Waals surface area contributed by atoms with Crippen molar-refractivity contribution in [3.8, 4) is 22.8 Å². The Bertz CT molecular complexity index is 1790. The number of furan rings is 1. The van der Waals surface area contributed by atoms with E-state index in [9.17, 15) is 28.5 Å². The second-order valence-corrected chi connectivity index (χ2v) is 13.6. The Morgan fingerprint density at radius 3 is 2.30 bits per heavy atom. The number of unbranched alkanes of at least 4 members (excludes halogenated alkanes) is 2. The van der Waals surface area contributed by atoms with E-state index in [-0.39, 0.29) is 41.7 Å². The van der Waals surface area contributed by atoms with Crippen molar-refractivity contribution in [1.29, 1.82) is 0 Å². The van der Waals surface area contributed by atoms with Gasteiger partial charge < -0.3 is 44.5 Å². The van der Waals surface area contributed by atoms with Crippen molar-refractivity contribution >= 4 is 37.7 Å². The summed E-state index contributed by atoms with van der Waals surface area (Å²) >= 11 is 0. The summed E-state index contributed by atoms with van der Waals surface area (Å²) in [5.41, 5.74) is 1.32. The van der Waals surface area contributed by atoms with Crippen LogP contribution in [0.1, 0.15) is 89.7 Å². The molecular weight excluding hydrogens is 711 g/mol. The predicted octanol–water partition coefficient (Wildman–Crippen LogP) is 4.54. The lowest BCUT2D eigenvalue weighted by Crippen LogP contribution is -2.49. The summed E-state index contributed by atoms with van der Waals surface area (Å²) in [6, 6.07) is 11.4. The number of amides is 4. The first-order valence-corrected chi connectivity index (χ1v) is 18.9. The van der Waals surface area contributed by atoms with Crippen LogP contribution in [-0.2, 0) is 19.0 Å². The molecule has 1 aromatic heterocycles. The van der Waals surface area contributed by atoms with Crippen LogP contribution in [0, 0.1) is 12.8 Å². The van der Waals surface area contributed by atoms with Crippen molar-refractivity contribution in [3.05, 3.63) is 71.0 Å². The van der Waals surface area contributed by atoms with Crippen LogP contribution in [0.4, 0.5) is 0 Å². The van der Waals surface area contributed by atoms with Crippen LogP contribution in [0.2, 0.25) is 0 Å².